The van der Waals surface area contributed by atoms with Gasteiger partial charge in [0.1, 0.15) is 11.4 Å². The van der Waals surface area contributed by atoms with E-state index in [0.717, 1.165) is 10.7 Å². The Morgan fingerprint density at radius 3 is 2.62 bits per heavy atom. The number of aryl methyl sites for hydroxylation is 1. The van der Waals surface area contributed by atoms with E-state index in [-0.39, 0.29) is 30.4 Å². The maximum atomic E-state index is 12.5. The number of carbonyl (C=O) groups is 1. The highest BCUT2D eigenvalue weighted by atomic mass is 32.2. The SMILES string of the molecule is CCCn1cc(S(=O)(=O)N(CC)CC(=O)OCC)c(N)n1. The number of sulfonamides is 1. The minimum atomic E-state index is -3.87. The number of nitrogen functional groups attached to an aromatic ring is 1. The Labute approximate surface area is 124 Å². The summed E-state index contributed by atoms with van der Waals surface area (Å²) in [5.41, 5.74) is 5.69. The molecule has 0 aliphatic carbocycles. The molecule has 0 atom stereocenters. The average molecular weight is 318 g/mol. The van der Waals surface area contributed by atoms with Gasteiger partial charge in [0, 0.05) is 19.3 Å². The number of nitrogens with zero attached hydrogens (tertiary/aromatic N) is 3. The number of carbonyl (C=O) groups excluding carboxylic acids is 1. The summed E-state index contributed by atoms with van der Waals surface area (Å²) in [4.78, 5) is 11.4. The highest BCUT2D eigenvalue weighted by Gasteiger charge is 2.29. The standard InChI is InChI=1S/C12H22N4O4S/c1-4-7-15-8-10(12(13)14-15)21(18,19)16(5-2)9-11(17)20-6-3/h8H,4-7,9H2,1-3H3,(H2,13,14). The van der Waals surface area contributed by atoms with Gasteiger partial charge in [-0.1, -0.05) is 13.8 Å². The highest BCUT2D eigenvalue weighted by molar-refractivity contribution is 7.89. The Kier molecular flexibility index (Phi) is 6.16. The minimum Gasteiger partial charge on any atom is -0.465 e. The molecule has 0 saturated heterocycles. The van der Waals surface area contributed by atoms with Gasteiger partial charge in [-0.2, -0.15) is 9.40 Å². The number of anilines is 1. The fourth-order valence-electron chi connectivity index (χ4n) is 1.82. The third kappa shape index (κ3) is 4.18. The molecule has 0 unspecified atom stereocenters. The molecule has 0 aliphatic heterocycles. The summed E-state index contributed by atoms with van der Waals surface area (Å²) in [6.45, 7) is 5.82. The van der Waals surface area contributed by atoms with Gasteiger partial charge in [0.15, 0.2) is 5.82 Å². The number of esters is 1. The third-order valence-corrected chi connectivity index (χ3v) is 4.73. The molecule has 120 valence electrons. The fourth-order valence-corrected chi connectivity index (χ4v) is 3.27. The van der Waals surface area contributed by atoms with Crippen molar-refractivity contribution < 1.29 is 17.9 Å². The first-order chi connectivity index (χ1) is 9.86. The van der Waals surface area contributed by atoms with Crippen LogP contribution in [0.4, 0.5) is 5.82 Å². The van der Waals surface area contributed by atoms with Gasteiger partial charge in [-0.3, -0.25) is 9.48 Å². The molecule has 1 aromatic heterocycles. The average Bonchev–Trinajstić information content (AvgIpc) is 2.78. The maximum Gasteiger partial charge on any atom is 0.321 e. The molecule has 0 amide bonds. The molecule has 8 nitrogen and oxygen atoms in total. The quantitative estimate of drug-likeness (QED) is 0.697. The molecule has 0 spiro atoms. The van der Waals surface area contributed by atoms with Crippen LogP contribution < -0.4 is 5.73 Å². The topological polar surface area (TPSA) is 108 Å². The van der Waals surface area contributed by atoms with Crippen molar-refractivity contribution in [2.45, 2.75) is 38.6 Å². The van der Waals surface area contributed by atoms with E-state index in [0.29, 0.717) is 6.54 Å². The monoisotopic (exact) mass is 318 g/mol. The zero-order chi connectivity index (χ0) is 16.0. The summed E-state index contributed by atoms with van der Waals surface area (Å²) in [6, 6.07) is 0. The molecule has 21 heavy (non-hydrogen) atoms. The Bertz CT molecular complexity index is 582. The molecule has 0 aromatic carbocycles. The van der Waals surface area contributed by atoms with Crippen LogP contribution in [0.2, 0.25) is 0 Å². The summed E-state index contributed by atoms with van der Waals surface area (Å²) in [7, 11) is -3.87. The largest absolute Gasteiger partial charge is 0.465 e. The molecule has 0 fully saturated rings. The van der Waals surface area contributed by atoms with Gasteiger partial charge in [-0.15, -0.1) is 0 Å². The zero-order valence-electron chi connectivity index (χ0n) is 12.6. The smallest absolute Gasteiger partial charge is 0.321 e. The van der Waals surface area contributed by atoms with Crippen LogP contribution in [0.3, 0.4) is 0 Å². The number of rotatable bonds is 8. The van der Waals surface area contributed by atoms with Crippen molar-refractivity contribution in [3.05, 3.63) is 6.20 Å². The second-order valence-electron chi connectivity index (χ2n) is 4.38. The Morgan fingerprint density at radius 1 is 1.43 bits per heavy atom. The molecule has 2 N–H and O–H groups in total. The molecule has 0 saturated carbocycles. The van der Waals surface area contributed by atoms with E-state index in [1.165, 1.54) is 10.9 Å². The van der Waals surface area contributed by atoms with E-state index in [1.54, 1.807) is 13.8 Å². The lowest BCUT2D eigenvalue weighted by Gasteiger charge is -2.18. The van der Waals surface area contributed by atoms with Crippen LogP contribution in [0.5, 0.6) is 0 Å². The normalized spacial score (nSPS) is 11.8. The van der Waals surface area contributed by atoms with Gasteiger partial charge in [-0.25, -0.2) is 8.42 Å². The van der Waals surface area contributed by atoms with E-state index in [1.807, 2.05) is 6.92 Å². The van der Waals surface area contributed by atoms with Crippen molar-refractivity contribution >= 4 is 21.8 Å². The van der Waals surface area contributed by atoms with Crippen molar-refractivity contribution in [2.24, 2.45) is 0 Å². The fraction of sp³-hybridized carbons (Fsp3) is 0.667. The Hall–Kier alpha value is -1.61. The van der Waals surface area contributed by atoms with Crippen LogP contribution in [-0.4, -0.2) is 48.2 Å². The molecular formula is C12H22N4O4S. The number of ether oxygens (including phenoxy) is 1. The molecule has 1 rings (SSSR count). The van der Waals surface area contributed by atoms with Gasteiger partial charge < -0.3 is 10.5 Å². The number of aromatic nitrogens is 2. The van der Waals surface area contributed by atoms with Crippen LogP contribution in [0.1, 0.15) is 27.2 Å². The van der Waals surface area contributed by atoms with Crippen LogP contribution in [0.15, 0.2) is 11.1 Å². The predicted octanol–water partition coefficient (Wildman–Crippen LogP) is 0.449. The molecule has 9 heteroatoms. The lowest BCUT2D eigenvalue weighted by molar-refractivity contribution is -0.143. The van der Waals surface area contributed by atoms with Gasteiger partial charge in [0.2, 0.25) is 10.0 Å². The summed E-state index contributed by atoms with van der Waals surface area (Å²) in [5, 5.41) is 3.97. The Morgan fingerprint density at radius 2 is 2.10 bits per heavy atom. The van der Waals surface area contributed by atoms with E-state index < -0.39 is 16.0 Å². The molecule has 1 aromatic rings. The second-order valence-corrected chi connectivity index (χ2v) is 6.28. The van der Waals surface area contributed by atoms with Crippen LogP contribution in [0.25, 0.3) is 0 Å². The van der Waals surface area contributed by atoms with Crippen LogP contribution >= 0.6 is 0 Å². The zero-order valence-corrected chi connectivity index (χ0v) is 13.4. The summed E-state index contributed by atoms with van der Waals surface area (Å²) < 4.78 is 32.3. The summed E-state index contributed by atoms with van der Waals surface area (Å²) in [5.74, 6) is -0.659. The molecule has 0 radical (unpaired) electrons. The van der Waals surface area contributed by atoms with Gasteiger partial charge in [0.05, 0.1) is 6.61 Å². The Balaban J connectivity index is 3.04. The van der Waals surface area contributed by atoms with Crippen molar-refractivity contribution in [1.82, 2.24) is 14.1 Å². The van der Waals surface area contributed by atoms with Gasteiger partial charge in [0.25, 0.3) is 0 Å². The van der Waals surface area contributed by atoms with E-state index in [2.05, 4.69) is 5.10 Å². The first kappa shape index (κ1) is 17.4. The van der Waals surface area contributed by atoms with Crippen molar-refractivity contribution in [3.8, 4) is 0 Å². The van der Waals surface area contributed by atoms with E-state index in [4.69, 9.17) is 10.5 Å². The van der Waals surface area contributed by atoms with Gasteiger partial charge >= 0.3 is 5.97 Å². The van der Waals surface area contributed by atoms with Crippen LogP contribution in [-0.2, 0) is 26.1 Å². The second kappa shape index (κ2) is 7.41. The summed E-state index contributed by atoms with van der Waals surface area (Å²) in [6.07, 6.45) is 2.20. The lowest BCUT2D eigenvalue weighted by atomic mass is 10.5. The number of hydrogen-bond donors (Lipinski definition) is 1. The first-order valence-electron chi connectivity index (χ1n) is 6.85. The number of likely N-dealkylation sites (N-methyl/N-ethyl adjacent to an activating group) is 1. The highest BCUT2D eigenvalue weighted by Crippen LogP contribution is 2.21. The number of hydrogen-bond acceptors (Lipinski definition) is 6. The minimum absolute atomic E-state index is 0.0641. The molecule has 1 heterocycles. The van der Waals surface area contributed by atoms with Crippen molar-refractivity contribution in [2.75, 3.05) is 25.4 Å². The van der Waals surface area contributed by atoms with E-state index >= 15 is 0 Å². The maximum absolute atomic E-state index is 12.5. The summed E-state index contributed by atoms with van der Waals surface area (Å²) >= 11 is 0. The molecular weight excluding hydrogens is 296 g/mol. The van der Waals surface area contributed by atoms with Crippen molar-refractivity contribution in [1.29, 1.82) is 0 Å². The van der Waals surface area contributed by atoms with Crippen molar-refractivity contribution in [3.63, 3.8) is 0 Å². The number of nitrogens with two attached hydrogens (primary N) is 1. The predicted molar refractivity (Wildman–Crippen MR) is 78.0 cm³/mol. The van der Waals surface area contributed by atoms with E-state index in [9.17, 15) is 13.2 Å². The van der Waals surface area contributed by atoms with Gasteiger partial charge in [-0.05, 0) is 13.3 Å². The first-order valence-corrected chi connectivity index (χ1v) is 8.29. The lowest BCUT2D eigenvalue weighted by Crippen LogP contribution is -2.36. The molecule has 0 aliphatic rings. The van der Waals surface area contributed by atoms with Crippen LogP contribution in [0, 0.1) is 0 Å². The third-order valence-electron chi connectivity index (χ3n) is 2.79. The molecule has 0 bridgehead atoms.